The fourth-order valence-corrected chi connectivity index (χ4v) is 2.39. The van der Waals surface area contributed by atoms with Gasteiger partial charge in [-0.2, -0.15) is 0 Å². The molecule has 2 amide bonds. The van der Waals surface area contributed by atoms with Crippen molar-refractivity contribution in [3.63, 3.8) is 0 Å². The summed E-state index contributed by atoms with van der Waals surface area (Å²) in [4.78, 5) is 11.9. The van der Waals surface area contributed by atoms with E-state index >= 15 is 0 Å². The van der Waals surface area contributed by atoms with Gasteiger partial charge in [0.05, 0.1) is 11.8 Å². The summed E-state index contributed by atoms with van der Waals surface area (Å²) in [7, 11) is 0. The summed E-state index contributed by atoms with van der Waals surface area (Å²) in [6.45, 7) is 3.26. The van der Waals surface area contributed by atoms with Gasteiger partial charge in [0, 0.05) is 18.8 Å². The van der Waals surface area contributed by atoms with Crippen molar-refractivity contribution in [2.24, 2.45) is 0 Å². The Labute approximate surface area is 127 Å². The average Bonchev–Trinajstić information content (AvgIpc) is 3.20. The fraction of sp³-hybridized carbons (Fsp3) is 0.429. The van der Waals surface area contributed by atoms with Crippen molar-refractivity contribution in [3.05, 3.63) is 30.1 Å². The van der Waals surface area contributed by atoms with E-state index in [4.69, 9.17) is 4.74 Å². The van der Waals surface area contributed by atoms with E-state index < -0.39 is 0 Å². The van der Waals surface area contributed by atoms with E-state index in [1.807, 2.05) is 25.1 Å². The molecule has 2 N–H and O–H groups in total. The number of hydrogen-bond acceptors (Lipinski definition) is 5. The van der Waals surface area contributed by atoms with Gasteiger partial charge >= 0.3 is 6.03 Å². The highest BCUT2D eigenvalue weighted by atomic mass is 16.5. The molecule has 3 rings (SSSR count). The Kier molecular flexibility index (Phi) is 4.29. The lowest BCUT2D eigenvalue weighted by molar-refractivity contribution is 0.112. The van der Waals surface area contributed by atoms with Gasteiger partial charge in [-0.15, -0.1) is 5.10 Å². The zero-order chi connectivity index (χ0) is 15.4. The number of carbonyl (C=O) groups excluding carboxylic acids is 1. The molecule has 0 saturated carbocycles. The number of aromatic nitrogens is 4. The molecule has 2 heterocycles. The maximum atomic E-state index is 11.9. The lowest BCUT2D eigenvalue weighted by Gasteiger charge is -2.13. The summed E-state index contributed by atoms with van der Waals surface area (Å²) in [6.07, 6.45) is 3.69. The minimum atomic E-state index is -0.248. The third kappa shape index (κ3) is 3.40. The Morgan fingerprint density at radius 3 is 3.14 bits per heavy atom. The molecule has 0 spiro atoms. The first-order valence-corrected chi connectivity index (χ1v) is 7.23. The van der Waals surface area contributed by atoms with E-state index in [1.165, 1.54) is 6.33 Å². The average molecular weight is 302 g/mol. The quantitative estimate of drug-likeness (QED) is 0.887. The molecule has 1 aromatic carbocycles. The summed E-state index contributed by atoms with van der Waals surface area (Å²) in [5.74, 6) is 0. The number of aryl methyl sites for hydroxylation is 1. The van der Waals surface area contributed by atoms with Crippen LogP contribution >= 0.6 is 0 Å². The van der Waals surface area contributed by atoms with Crippen LogP contribution in [0.2, 0.25) is 0 Å². The van der Waals surface area contributed by atoms with Gasteiger partial charge in [0.2, 0.25) is 0 Å². The molecular weight excluding hydrogens is 284 g/mol. The highest BCUT2D eigenvalue weighted by Crippen LogP contribution is 2.18. The zero-order valence-corrected chi connectivity index (χ0v) is 12.3. The van der Waals surface area contributed by atoms with E-state index in [9.17, 15) is 4.79 Å². The van der Waals surface area contributed by atoms with Crippen LogP contribution in [0.5, 0.6) is 0 Å². The highest BCUT2D eigenvalue weighted by Gasteiger charge is 2.16. The molecule has 1 fully saturated rings. The van der Waals surface area contributed by atoms with Crippen molar-refractivity contribution < 1.29 is 9.53 Å². The van der Waals surface area contributed by atoms with Gasteiger partial charge < -0.3 is 15.4 Å². The zero-order valence-electron chi connectivity index (χ0n) is 12.3. The summed E-state index contributed by atoms with van der Waals surface area (Å²) in [6, 6.07) is 5.33. The van der Waals surface area contributed by atoms with Gasteiger partial charge in [-0.3, -0.25) is 0 Å². The molecule has 1 aliphatic rings. The van der Waals surface area contributed by atoms with Crippen molar-refractivity contribution in [3.8, 4) is 5.69 Å². The van der Waals surface area contributed by atoms with Gasteiger partial charge in [-0.25, -0.2) is 9.48 Å². The second-order valence-corrected chi connectivity index (χ2v) is 5.23. The number of amides is 2. The second kappa shape index (κ2) is 6.52. The standard InChI is InChI=1S/C14H18N6O2/c1-10-4-5-11(7-13(10)20-9-16-18-19-20)17-14(21)15-8-12-3-2-6-22-12/h4-5,7,9,12H,2-3,6,8H2,1H3,(H2,15,17,21). The van der Waals surface area contributed by atoms with Gasteiger partial charge in [0.1, 0.15) is 6.33 Å². The van der Waals surface area contributed by atoms with E-state index in [0.29, 0.717) is 12.2 Å². The van der Waals surface area contributed by atoms with Crippen molar-refractivity contribution in [1.82, 2.24) is 25.5 Å². The predicted molar refractivity (Wildman–Crippen MR) is 79.9 cm³/mol. The summed E-state index contributed by atoms with van der Waals surface area (Å²) in [5.41, 5.74) is 2.51. The molecular formula is C14H18N6O2. The second-order valence-electron chi connectivity index (χ2n) is 5.23. The first kappa shape index (κ1) is 14.5. The number of ether oxygens (including phenoxy) is 1. The lowest BCUT2D eigenvalue weighted by atomic mass is 10.2. The number of anilines is 1. The van der Waals surface area contributed by atoms with Crippen molar-refractivity contribution in [2.75, 3.05) is 18.5 Å². The van der Waals surface area contributed by atoms with Crippen molar-refractivity contribution in [1.29, 1.82) is 0 Å². The van der Waals surface area contributed by atoms with Crippen LogP contribution in [0.25, 0.3) is 5.69 Å². The van der Waals surface area contributed by atoms with Crippen molar-refractivity contribution >= 4 is 11.7 Å². The normalized spacial score (nSPS) is 17.4. The molecule has 1 atom stereocenters. The third-order valence-corrected chi connectivity index (χ3v) is 3.58. The van der Waals surface area contributed by atoms with Crippen LogP contribution in [0.1, 0.15) is 18.4 Å². The molecule has 1 saturated heterocycles. The highest BCUT2D eigenvalue weighted by molar-refractivity contribution is 5.89. The Balaban J connectivity index is 1.62. The van der Waals surface area contributed by atoms with Gasteiger partial charge in [-0.05, 0) is 47.9 Å². The summed E-state index contributed by atoms with van der Waals surface area (Å²) < 4.78 is 7.03. The van der Waals surface area contributed by atoms with Crippen LogP contribution in [0, 0.1) is 6.92 Å². The molecule has 1 unspecified atom stereocenters. The largest absolute Gasteiger partial charge is 0.376 e. The smallest absolute Gasteiger partial charge is 0.319 e. The number of tetrazole rings is 1. The van der Waals surface area contributed by atoms with Crippen LogP contribution in [0.15, 0.2) is 24.5 Å². The molecule has 8 heteroatoms. The topological polar surface area (TPSA) is 94.0 Å². The molecule has 1 aliphatic heterocycles. The molecule has 0 aliphatic carbocycles. The van der Waals surface area contributed by atoms with Crippen LogP contribution in [-0.4, -0.2) is 45.5 Å². The molecule has 116 valence electrons. The Morgan fingerprint density at radius 2 is 2.41 bits per heavy atom. The summed E-state index contributed by atoms with van der Waals surface area (Å²) in [5, 5.41) is 16.7. The maximum Gasteiger partial charge on any atom is 0.319 e. The third-order valence-electron chi connectivity index (χ3n) is 3.58. The minimum Gasteiger partial charge on any atom is -0.376 e. The number of rotatable bonds is 4. The summed E-state index contributed by atoms with van der Waals surface area (Å²) >= 11 is 0. The molecule has 2 aromatic rings. The maximum absolute atomic E-state index is 11.9. The van der Waals surface area contributed by atoms with Gasteiger partial charge in [0.25, 0.3) is 0 Å². The van der Waals surface area contributed by atoms with Crippen LogP contribution in [-0.2, 0) is 4.74 Å². The number of benzene rings is 1. The van der Waals surface area contributed by atoms with E-state index in [1.54, 1.807) is 4.68 Å². The Bertz CT molecular complexity index is 637. The molecule has 0 radical (unpaired) electrons. The van der Waals surface area contributed by atoms with Gasteiger partial charge in [0.15, 0.2) is 0 Å². The molecule has 8 nitrogen and oxygen atoms in total. The first-order valence-electron chi connectivity index (χ1n) is 7.23. The Hall–Kier alpha value is -2.48. The van der Waals surface area contributed by atoms with Crippen LogP contribution < -0.4 is 10.6 Å². The van der Waals surface area contributed by atoms with Crippen molar-refractivity contribution in [2.45, 2.75) is 25.9 Å². The monoisotopic (exact) mass is 302 g/mol. The SMILES string of the molecule is Cc1ccc(NC(=O)NCC2CCCO2)cc1-n1cnnn1. The van der Waals surface area contributed by atoms with E-state index in [-0.39, 0.29) is 12.1 Å². The predicted octanol–water partition coefficient (Wildman–Crippen LogP) is 1.27. The number of nitrogens with one attached hydrogen (secondary N) is 2. The van der Waals surface area contributed by atoms with Gasteiger partial charge in [-0.1, -0.05) is 6.07 Å². The lowest BCUT2D eigenvalue weighted by Crippen LogP contribution is -2.35. The molecule has 1 aromatic heterocycles. The van der Waals surface area contributed by atoms with Crippen LogP contribution in [0.4, 0.5) is 10.5 Å². The number of carbonyl (C=O) groups is 1. The molecule has 22 heavy (non-hydrogen) atoms. The van der Waals surface area contributed by atoms with E-state index in [0.717, 1.165) is 30.7 Å². The number of urea groups is 1. The van der Waals surface area contributed by atoms with E-state index in [2.05, 4.69) is 26.2 Å². The minimum absolute atomic E-state index is 0.126. The fourth-order valence-electron chi connectivity index (χ4n) is 2.39. The molecule has 0 bridgehead atoms. The van der Waals surface area contributed by atoms with Crippen LogP contribution in [0.3, 0.4) is 0 Å². The number of nitrogens with zero attached hydrogens (tertiary/aromatic N) is 4. The Morgan fingerprint density at radius 1 is 1.50 bits per heavy atom. The number of hydrogen-bond donors (Lipinski definition) is 2. The first-order chi connectivity index (χ1) is 10.7.